The van der Waals surface area contributed by atoms with Crippen LogP contribution in [0.5, 0.6) is 0 Å². The van der Waals surface area contributed by atoms with E-state index in [1.165, 1.54) is 0 Å². The molecule has 0 unspecified atom stereocenters. The largest absolute Gasteiger partial charge is 0.478 e. The number of carboxylic acids is 1. The van der Waals surface area contributed by atoms with Gasteiger partial charge in [0.15, 0.2) is 0 Å². The molecular weight excluding hydrogens is 310 g/mol. The van der Waals surface area contributed by atoms with Crippen molar-refractivity contribution in [3.63, 3.8) is 0 Å². The molecule has 7 nitrogen and oxygen atoms in total. The number of hydrogen-bond acceptors (Lipinski definition) is 5. The molecule has 0 radical (unpaired) electrons. The summed E-state index contributed by atoms with van der Waals surface area (Å²) in [4.78, 5) is 10.6. The van der Waals surface area contributed by atoms with Crippen molar-refractivity contribution in [3.05, 3.63) is 28.8 Å². The van der Waals surface area contributed by atoms with Crippen LogP contribution in [0.2, 0.25) is 5.02 Å². The van der Waals surface area contributed by atoms with E-state index in [0.717, 1.165) is 22.5 Å². The van der Waals surface area contributed by atoms with Crippen molar-refractivity contribution in [1.29, 1.82) is 0 Å². The third-order valence-corrected chi connectivity index (χ3v) is 5.17. The molecule has 2 rings (SSSR count). The zero-order chi connectivity index (χ0) is 15.1. The lowest BCUT2D eigenvalue weighted by Gasteiger charge is -2.16. The lowest BCUT2D eigenvalue weighted by atomic mass is 10.2. The molecule has 20 heavy (non-hydrogen) atoms. The van der Waals surface area contributed by atoms with E-state index in [0.29, 0.717) is 0 Å². The molecule has 0 aliphatic carbocycles. The number of benzene rings is 1. The molecule has 0 aromatic heterocycles. The van der Waals surface area contributed by atoms with Crippen LogP contribution in [0, 0.1) is 0 Å². The Kier molecular flexibility index (Phi) is 4.03. The predicted octanol–water partition coefficient (Wildman–Crippen LogP) is -0.236. The fourth-order valence-electron chi connectivity index (χ4n) is 1.91. The van der Waals surface area contributed by atoms with Gasteiger partial charge in [-0.3, -0.25) is 0 Å². The van der Waals surface area contributed by atoms with Crippen molar-refractivity contribution in [1.82, 2.24) is 4.31 Å². The molecule has 0 saturated carbocycles. The van der Waals surface area contributed by atoms with Gasteiger partial charge in [-0.1, -0.05) is 11.6 Å². The van der Waals surface area contributed by atoms with E-state index in [-0.39, 0.29) is 28.6 Å². The molecule has 1 aliphatic rings. The Labute approximate surface area is 120 Å². The Hall–Kier alpha value is -1.19. The van der Waals surface area contributed by atoms with Crippen LogP contribution in [0.3, 0.4) is 0 Å². The first-order valence-electron chi connectivity index (χ1n) is 5.62. The molecular formula is C11H12ClNO6S. The number of β-amino-alcohol motifs (C(OH)–C–C–N with tert-alkyl or cyclic N) is 2. The molecule has 0 spiro atoms. The number of hydrogen-bond donors (Lipinski definition) is 3. The summed E-state index contributed by atoms with van der Waals surface area (Å²) in [6, 6.07) is 3.26. The lowest BCUT2D eigenvalue weighted by Crippen LogP contribution is -2.30. The number of halogens is 1. The topological polar surface area (TPSA) is 115 Å². The van der Waals surface area contributed by atoms with Gasteiger partial charge in [0.2, 0.25) is 10.0 Å². The second-order valence-corrected chi connectivity index (χ2v) is 6.75. The van der Waals surface area contributed by atoms with Gasteiger partial charge in [0.25, 0.3) is 0 Å². The van der Waals surface area contributed by atoms with Crippen molar-refractivity contribution in [2.75, 3.05) is 13.1 Å². The van der Waals surface area contributed by atoms with E-state index in [1.807, 2.05) is 0 Å². The molecule has 1 saturated heterocycles. The van der Waals surface area contributed by atoms with Gasteiger partial charge < -0.3 is 15.3 Å². The van der Waals surface area contributed by atoms with Crippen molar-refractivity contribution in [2.45, 2.75) is 17.1 Å². The van der Waals surface area contributed by atoms with E-state index in [2.05, 4.69) is 0 Å². The van der Waals surface area contributed by atoms with Crippen molar-refractivity contribution >= 4 is 27.6 Å². The summed E-state index contributed by atoms with van der Waals surface area (Å²) < 4.78 is 25.4. The van der Waals surface area contributed by atoms with Crippen LogP contribution in [0.4, 0.5) is 0 Å². The zero-order valence-electron chi connectivity index (χ0n) is 10.1. The number of carbonyl (C=O) groups is 1. The predicted molar refractivity (Wildman–Crippen MR) is 69.2 cm³/mol. The average Bonchev–Trinajstić information content (AvgIpc) is 2.69. The molecule has 3 N–H and O–H groups in total. The summed E-state index contributed by atoms with van der Waals surface area (Å²) in [6.07, 6.45) is -2.28. The molecule has 0 amide bonds. The first-order valence-corrected chi connectivity index (χ1v) is 7.44. The first kappa shape index (κ1) is 15.2. The Bertz CT molecular complexity index is 636. The number of aliphatic hydroxyl groups is 2. The second-order valence-electron chi connectivity index (χ2n) is 4.40. The average molecular weight is 322 g/mol. The highest BCUT2D eigenvalue weighted by Crippen LogP contribution is 2.25. The van der Waals surface area contributed by atoms with Gasteiger partial charge >= 0.3 is 5.97 Å². The normalized spacial score (nSPS) is 23.9. The van der Waals surface area contributed by atoms with Gasteiger partial charge in [-0.15, -0.1) is 0 Å². The minimum atomic E-state index is -3.93. The maximum Gasteiger partial charge on any atom is 0.337 e. The fourth-order valence-corrected chi connectivity index (χ4v) is 3.74. The number of sulfonamides is 1. The molecule has 110 valence electrons. The number of aromatic carboxylic acids is 1. The van der Waals surface area contributed by atoms with E-state index >= 15 is 0 Å². The molecule has 1 aromatic rings. The van der Waals surface area contributed by atoms with Gasteiger partial charge in [0.1, 0.15) is 0 Å². The number of nitrogens with zero attached hydrogens (tertiary/aromatic N) is 1. The highest BCUT2D eigenvalue weighted by Gasteiger charge is 2.37. The number of rotatable bonds is 3. The Morgan fingerprint density at radius 1 is 1.25 bits per heavy atom. The van der Waals surface area contributed by atoms with Gasteiger partial charge in [-0.2, -0.15) is 4.31 Å². The van der Waals surface area contributed by atoms with E-state index in [4.69, 9.17) is 16.7 Å². The molecule has 1 aliphatic heterocycles. The third-order valence-electron chi connectivity index (χ3n) is 3.03. The molecule has 0 bridgehead atoms. The quantitative estimate of drug-likeness (QED) is 0.708. The van der Waals surface area contributed by atoms with Crippen LogP contribution in [-0.2, 0) is 10.0 Å². The second kappa shape index (κ2) is 5.30. The van der Waals surface area contributed by atoms with Crippen LogP contribution in [0.1, 0.15) is 10.4 Å². The molecule has 2 atom stereocenters. The van der Waals surface area contributed by atoms with Crippen molar-refractivity contribution in [3.8, 4) is 0 Å². The van der Waals surface area contributed by atoms with Crippen LogP contribution < -0.4 is 0 Å². The van der Waals surface area contributed by atoms with E-state index in [1.54, 1.807) is 0 Å². The Balaban J connectivity index is 2.36. The minimum Gasteiger partial charge on any atom is -0.478 e. The Morgan fingerprint density at radius 3 is 2.25 bits per heavy atom. The highest BCUT2D eigenvalue weighted by molar-refractivity contribution is 7.89. The van der Waals surface area contributed by atoms with Gasteiger partial charge in [0, 0.05) is 13.1 Å². The summed E-state index contributed by atoms with van der Waals surface area (Å²) in [5.74, 6) is -1.26. The summed E-state index contributed by atoms with van der Waals surface area (Å²) in [7, 11) is -3.93. The minimum absolute atomic E-state index is 0.186. The number of carboxylic acid groups (broad SMARTS) is 1. The van der Waals surface area contributed by atoms with Gasteiger partial charge in [-0.25, -0.2) is 13.2 Å². The lowest BCUT2D eigenvalue weighted by molar-refractivity contribution is 0.0572. The fraction of sp³-hybridized carbons (Fsp3) is 0.364. The maximum atomic E-state index is 12.3. The highest BCUT2D eigenvalue weighted by atomic mass is 35.5. The van der Waals surface area contributed by atoms with Crippen LogP contribution in [-0.4, -0.2) is 59.3 Å². The van der Waals surface area contributed by atoms with Crippen LogP contribution in [0.25, 0.3) is 0 Å². The smallest absolute Gasteiger partial charge is 0.337 e. The summed E-state index contributed by atoms with van der Waals surface area (Å²) >= 11 is 5.73. The third kappa shape index (κ3) is 2.65. The van der Waals surface area contributed by atoms with Crippen LogP contribution in [0.15, 0.2) is 23.1 Å². The van der Waals surface area contributed by atoms with Crippen molar-refractivity contribution < 1.29 is 28.5 Å². The summed E-state index contributed by atoms with van der Waals surface area (Å²) in [5.41, 5.74) is -0.202. The zero-order valence-corrected chi connectivity index (χ0v) is 11.7. The first-order chi connectivity index (χ1) is 9.23. The molecule has 1 fully saturated rings. The van der Waals surface area contributed by atoms with Gasteiger partial charge in [-0.05, 0) is 18.2 Å². The molecule has 1 heterocycles. The maximum absolute atomic E-state index is 12.3. The van der Waals surface area contributed by atoms with Gasteiger partial charge in [0.05, 0.1) is 27.7 Å². The van der Waals surface area contributed by atoms with E-state index in [9.17, 15) is 23.4 Å². The standard InChI is InChI=1S/C11H12ClNO6S/c12-8-3-6(1-2-7(8)11(16)17)20(18,19)13-4-9(14)10(15)5-13/h1-3,9-10,14-15H,4-5H2,(H,16,17)/t9-,10+. The molecule has 9 heteroatoms. The number of aliphatic hydroxyl groups excluding tert-OH is 2. The monoisotopic (exact) mass is 321 g/mol. The SMILES string of the molecule is O=C(O)c1ccc(S(=O)(=O)N2C[C@@H](O)[C@@H](O)C2)cc1Cl. The summed E-state index contributed by atoms with van der Waals surface area (Å²) in [6.45, 7) is -0.441. The van der Waals surface area contributed by atoms with Crippen molar-refractivity contribution in [2.24, 2.45) is 0 Å². The molecule has 1 aromatic carbocycles. The Morgan fingerprint density at radius 2 is 1.80 bits per heavy atom. The van der Waals surface area contributed by atoms with Crippen LogP contribution >= 0.6 is 11.6 Å². The van der Waals surface area contributed by atoms with E-state index < -0.39 is 28.2 Å². The summed E-state index contributed by atoms with van der Waals surface area (Å²) in [5, 5.41) is 27.4.